The number of thiazole rings is 1. The molecule has 74 valence electrons. The first-order valence-corrected chi connectivity index (χ1v) is 4.66. The molecule has 0 amide bonds. The predicted molar refractivity (Wildman–Crippen MR) is 47.4 cm³/mol. The summed E-state index contributed by atoms with van der Waals surface area (Å²) in [5.41, 5.74) is -0.986. The van der Waals surface area contributed by atoms with Crippen LogP contribution in [-0.2, 0) is 6.18 Å². The zero-order chi connectivity index (χ0) is 10.3. The van der Waals surface area contributed by atoms with Crippen LogP contribution in [0.25, 0.3) is 10.3 Å². The van der Waals surface area contributed by atoms with E-state index in [9.17, 15) is 13.2 Å². The van der Waals surface area contributed by atoms with Gasteiger partial charge in [0.15, 0.2) is 4.47 Å². The smallest absolute Gasteiger partial charge is 0.244 e. The maximum Gasteiger partial charge on any atom is 0.418 e. The van der Waals surface area contributed by atoms with Gasteiger partial charge >= 0.3 is 6.18 Å². The number of hydrogen-bond donors (Lipinski definition) is 0. The van der Waals surface area contributed by atoms with Gasteiger partial charge in [-0.3, -0.25) is 0 Å². The van der Waals surface area contributed by atoms with Crippen LogP contribution in [0.1, 0.15) is 5.56 Å². The summed E-state index contributed by atoms with van der Waals surface area (Å²) in [6.45, 7) is 0. The molecule has 0 aromatic carbocycles. The van der Waals surface area contributed by atoms with Crippen molar-refractivity contribution in [1.29, 1.82) is 0 Å². The first-order chi connectivity index (χ1) is 6.48. The van der Waals surface area contributed by atoms with Gasteiger partial charge in [0.2, 0.25) is 0 Å². The van der Waals surface area contributed by atoms with E-state index < -0.39 is 11.7 Å². The fourth-order valence-corrected chi connectivity index (χ4v) is 2.00. The average molecular weight is 239 g/mol. The molecule has 0 bridgehead atoms. The van der Waals surface area contributed by atoms with Crippen molar-refractivity contribution in [3.63, 3.8) is 0 Å². The van der Waals surface area contributed by atoms with Gasteiger partial charge in [0, 0.05) is 6.20 Å². The van der Waals surface area contributed by atoms with Crippen molar-refractivity contribution in [1.82, 2.24) is 9.97 Å². The summed E-state index contributed by atoms with van der Waals surface area (Å²) >= 11 is 6.43. The summed E-state index contributed by atoms with van der Waals surface area (Å²) in [4.78, 5) is 7.53. The highest BCUT2D eigenvalue weighted by molar-refractivity contribution is 7.21. The maximum atomic E-state index is 12.4. The minimum Gasteiger partial charge on any atom is -0.244 e. The molecule has 0 radical (unpaired) electrons. The fraction of sp³-hybridized carbons (Fsp3) is 0.143. The highest BCUT2D eigenvalue weighted by atomic mass is 35.5. The van der Waals surface area contributed by atoms with Crippen molar-refractivity contribution in [2.45, 2.75) is 6.18 Å². The second-order valence-electron chi connectivity index (χ2n) is 2.48. The van der Waals surface area contributed by atoms with Crippen molar-refractivity contribution in [3.8, 4) is 0 Å². The minimum absolute atomic E-state index is 0.0594. The minimum atomic E-state index is -4.42. The molecule has 0 saturated carbocycles. The van der Waals surface area contributed by atoms with Gasteiger partial charge < -0.3 is 0 Å². The Morgan fingerprint density at radius 3 is 2.71 bits per heavy atom. The zero-order valence-corrected chi connectivity index (χ0v) is 8.04. The number of rotatable bonds is 0. The molecular formula is C7H2ClF3N2S. The van der Waals surface area contributed by atoms with Gasteiger partial charge in [-0.15, -0.1) is 0 Å². The summed E-state index contributed by atoms with van der Waals surface area (Å²) in [7, 11) is 0. The number of fused-ring (bicyclic) bond motifs is 1. The monoisotopic (exact) mass is 238 g/mol. The summed E-state index contributed by atoms with van der Waals surface area (Å²) in [5.74, 6) is 0. The standard InChI is InChI=1S/C7H2ClF3N2S/c8-6-13-4-3(7(9,10)11)1-2-12-5(4)14-6/h1-2H. The quantitative estimate of drug-likeness (QED) is 0.703. The first kappa shape index (κ1) is 9.67. The lowest BCUT2D eigenvalue weighted by Crippen LogP contribution is -2.05. The molecule has 2 aromatic heterocycles. The largest absolute Gasteiger partial charge is 0.418 e. The van der Waals surface area contributed by atoms with E-state index in [2.05, 4.69) is 9.97 Å². The number of aromatic nitrogens is 2. The summed E-state index contributed by atoms with van der Waals surface area (Å²) in [5, 5.41) is 0. The lowest BCUT2D eigenvalue weighted by Gasteiger charge is -2.05. The van der Waals surface area contributed by atoms with Crippen LogP contribution < -0.4 is 0 Å². The van der Waals surface area contributed by atoms with Crippen LogP contribution in [0.4, 0.5) is 13.2 Å². The third-order valence-electron chi connectivity index (χ3n) is 1.58. The van der Waals surface area contributed by atoms with Crippen molar-refractivity contribution in [3.05, 3.63) is 22.3 Å². The molecule has 0 fully saturated rings. The fourth-order valence-electron chi connectivity index (χ4n) is 1.04. The summed E-state index contributed by atoms with van der Waals surface area (Å²) in [6, 6.07) is 0.887. The van der Waals surface area contributed by atoms with Crippen LogP contribution in [0.2, 0.25) is 4.47 Å². The van der Waals surface area contributed by atoms with Gasteiger partial charge in [-0.1, -0.05) is 22.9 Å². The van der Waals surface area contributed by atoms with Crippen LogP contribution in [-0.4, -0.2) is 9.97 Å². The molecule has 0 unspecified atom stereocenters. The van der Waals surface area contributed by atoms with Crippen LogP contribution in [0.3, 0.4) is 0 Å². The topological polar surface area (TPSA) is 25.8 Å². The molecule has 0 spiro atoms. The maximum absolute atomic E-state index is 12.4. The van der Waals surface area contributed by atoms with Crippen molar-refractivity contribution < 1.29 is 13.2 Å². The lowest BCUT2D eigenvalue weighted by atomic mass is 10.2. The number of halogens is 4. The predicted octanol–water partition coefficient (Wildman–Crippen LogP) is 3.36. The Hall–Kier alpha value is -0.880. The van der Waals surface area contributed by atoms with E-state index in [1.54, 1.807) is 0 Å². The van der Waals surface area contributed by atoms with E-state index in [0.717, 1.165) is 23.6 Å². The van der Waals surface area contributed by atoms with Crippen LogP contribution in [0.5, 0.6) is 0 Å². The van der Waals surface area contributed by atoms with E-state index in [1.165, 1.54) is 0 Å². The molecule has 14 heavy (non-hydrogen) atoms. The molecule has 2 rings (SSSR count). The normalized spacial score (nSPS) is 12.3. The van der Waals surface area contributed by atoms with E-state index in [-0.39, 0.29) is 14.8 Å². The molecule has 0 aliphatic heterocycles. The Morgan fingerprint density at radius 2 is 2.07 bits per heavy atom. The molecule has 0 aliphatic rings. The van der Waals surface area contributed by atoms with Gasteiger partial charge in [-0.25, -0.2) is 9.97 Å². The van der Waals surface area contributed by atoms with Gasteiger partial charge in [-0.05, 0) is 6.07 Å². The average Bonchev–Trinajstić information content (AvgIpc) is 2.41. The Bertz CT molecular complexity index is 479. The third kappa shape index (κ3) is 1.55. The SMILES string of the molecule is FC(F)(F)c1ccnc2sc(Cl)nc12. The molecule has 7 heteroatoms. The molecule has 2 nitrogen and oxygen atoms in total. The van der Waals surface area contributed by atoms with Crippen molar-refractivity contribution >= 4 is 33.3 Å². The highest BCUT2D eigenvalue weighted by Gasteiger charge is 2.34. The van der Waals surface area contributed by atoms with Gasteiger partial charge in [-0.2, -0.15) is 13.2 Å². The second kappa shape index (κ2) is 3.06. The Kier molecular flexibility index (Phi) is 2.11. The number of hydrogen-bond acceptors (Lipinski definition) is 3. The molecule has 0 atom stereocenters. The van der Waals surface area contributed by atoms with E-state index in [0.29, 0.717) is 0 Å². The van der Waals surface area contributed by atoms with Gasteiger partial charge in [0.1, 0.15) is 10.3 Å². The van der Waals surface area contributed by atoms with E-state index >= 15 is 0 Å². The lowest BCUT2D eigenvalue weighted by molar-refractivity contribution is -0.136. The second-order valence-corrected chi connectivity index (χ2v) is 4.04. The van der Waals surface area contributed by atoms with E-state index in [4.69, 9.17) is 11.6 Å². The zero-order valence-electron chi connectivity index (χ0n) is 6.47. The third-order valence-corrected chi connectivity index (χ3v) is 2.64. The Balaban J connectivity index is 2.77. The van der Waals surface area contributed by atoms with Crippen LogP contribution in [0.15, 0.2) is 12.3 Å². The molecule has 2 aromatic rings. The Morgan fingerprint density at radius 1 is 1.36 bits per heavy atom. The molecule has 2 heterocycles. The van der Waals surface area contributed by atoms with Gasteiger partial charge in [0.05, 0.1) is 5.56 Å². The van der Waals surface area contributed by atoms with Gasteiger partial charge in [0.25, 0.3) is 0 Å². The first-order valence-electron chi connectivity index (χ1n) is 3.47. The molecule has 0 N–H and O–H groups in total. The van der Waals surface area contributed by atoms with Crippen LogP contribution in [0, 0.1) is 0 Å². The number of alkyl halides is 3. The molecule has 0 aliphatic carbocycles. The summed E-state index contributed by atoms with van der Waals surface area (Å²) in [6.07, 6.45) is -3.32. The summed E-state index contributed by atoms with van der Waals surface area (Å²) < 4.78 is 37.3. The number of pyridine rings is 1. The Labute approximate surface area is 85.4 Å². The van der Waals surface area contributed by atoms with Crippen molar-refractivity contribution in [2.24, 2.45) is 0 Å². The molecular weight excluding hydrogens is 237 g/mol. The highest BCUT2D eigenvalue weighted by Crippen LogP contribution is 2.36. The van der Waals surface area contributed by atoms with Crippen LogP contribution >= 0.6 is 22.9 Å². The van der Waals surface area contributed by atoms with Crippen molar-refractivity contribution in [2.75, 3.05) is 0 Å². The molecule has 0 saturated heterocycles. The van der Waals surface area contributed by atoms with E-state index in [1.807, 2.05) is 0 Å². The number of nitrogens with zero attached hydrogens (tertiary/aromatic N) is 2.